The molecule has 25 heavy (non-hydrogen) atoms. The minimum atomic E-state index is -4.53. The second kappa shape index (κ2) is 6.44. The first-order valence-electron chi connectivity index (χ1n) is 8.40. The molecular formula is C16H23F3N6. The Morgan fingerprint density at radius 1 is 1.40 bits per heavy atom. The highest BCUT2D eigenvalue weighted by atomic mass is 19.4. The van der Waals surface area contributed by atoms with E-state index in [1.807, 2.05) is 14.1 Å². The number of hydrogen-bond acceptors (Lipinski definition) is 5. The van der Waals surface area contributed by atoms with E-state index in [4.69, 9.17) is 0 Å². The number of likely N-dealkylation sites (N-methyl/N-ethyl adjacent to an activating group) is 1. The van der Waals surface area contributed by atoms with Crippen molar-refractivity contribution in [1.82, 2.24) is 24.5 Å². The first-order chi connectivity index (χ1) is 11.7. The Balaban J connectivity index is 1.90. The molecule has 2 aromatic heterocycles. The highest BCUT2D eigenvalue weighted by molar-refractivity contribution is 5.46. The predicted octanol–water partition coefficient (Wildman–Crippen LogP) is 3.07. The molecule has 0 amide bonds. The molecule has 1 fully saturated rings. The van der Waals surface area contributed by atoms with Crippen LogP contribution in [0, 0.1) is 5.92 Å². The number of rotatable bonds is 4. The summed E-state index contributed by atoms with van der Waals surface area (Å²) in [6.45, 7) is 2.77. The first kappa shape index (κ1) is 17.9. The second-order valence-corrected chi connectivity index (χ2v) is 7.17. The summed E-state index contributed by atoms with van der Waals surface area (Å²) in [4.78, 5) is 9.52. The van der Waals surface area contributed by atoms with Gasteiger partial charge in [-0.05, 0) is 32.9 Å². The van der Waals surface area contributed by atoms with Crippen LogP contribution < -0.4 is 5.32 Å². The van der Waals surface area contributed by atoms with E-state index in [9.17, 15) is 13.2 Å². The van der Waals surface area contributed by atoms with Crippen LogP contribution in [0.15, 0.2) is 12.4 Å². The number of anilines is 1. The molecule has 9 heteroatoms. The lowest BCUT2D eigenvalue weighted by molar-refractivity contribution is -0.141. The molecule has 3 rings (SSSR count). The zero-order chi connectivity index (χ0) is 18.2. The average Bonchev–Trinajstić information content (AvgIpc) is 3.00. The Morgan fingerprint density at radius 3 is 2.80 bits per heavy atom. The van der Waals surface area contributed by atoms with Crippen molar-refractivity contribution in [2.45, 2.75) is 44.3 Å². The molecule has 0 radical (unpaired) electrons. The van der Waals surface area contributed by atoms with Gasteiger partial charge in [-0.1, -0.05) is 19.8 Å². The van der Waals surface area contributed by atoms with E-state index >= 15 is 0 Å². The molecule has 0 saturated heterocycles. The highest BCUT2D eigenvalue weighted by Gasteiger charge is 2.38. The van der Waals surface area contributed by atoms with Crippen LogP contribution in [0.5, 0.6) is 0 Å². The van der Waals surface area contributed by atoms with Gasteiger partial charge in [-0.25, -0.2) is 4.98 Å². The number of aromatic nitrogens is 4. The molecule has 1 aliphatic carbocycles. The molecule has 0 bridgehead atoms. The van der Waals surface area contributed by atoms with E-state index in [1.165, 1.54) is 17.3 Å². The average molecular weight is 356 g/mol. The summed E-state index contributed by atoms with van der Waals surface area (Å²) in [6.07, 6.45) is 1.00. The molecular weight excluding hydrogens is 333 g/mol. The lowest BCUT2D eigenvalue weighted by atomic mass is 9.75. The van der Waals surface area contributed by atoms with Crippen LogP contribution in [-0.4, -0.2) is 50.7 Å². The van der Waals surface area contributed by atoms with E-state index in [0.29, 0.717) is 12.5 Å². The number of nitrogens with zero attached hydrogens (tertiary/aromatic N) is 5. The summed E-state index contributed by atoms with van der Waals surface area (Å²) in [5, 5.41) is 7.17. The van der Waals surface area contributed by atoms with Crippen molar-refractivity contribution in [2.24, 2.45) is 5.92 Å². The van der Waals surface area contributed by atoms with Gasteiger partial charge in [-0.15, -0.1) is 0 Å². The number of nitrogens with one attached hydrogen (secondary N) is 1. The van der Waals surface area contributed by atoms with E-state index in [-0.39, 0.29) is 17.1 Å². The lowest BCUT2D eigenvalue weighted by Gasteiger charge is -2.45. The predicted molar refractivity (Wildman–Crippen MR) is 88.3 cm³/mol. The van der Waals surface area contributed by atoms with Gasteiger partial charge in [0, 0.05) is 18.2 Å². The largest absolute Gasteiger partial charge is 0.433 e. The van der Waals surface area contributed by atoms with Crippen LogP contribution in [0.4, 0.5) is 19.0 Å². The zero-order valence-electron chi connectivity index (χ0n) is 14.6. The molecule has 2 unspecified atom stereocenters. The summed E-state index contributed by atoms with van der Waals surface area (Å²) in [5.41, 5.74) is -1.06. The molecule has 1 N–H and O–H groups in total. The molecule has 1 saturated carbocycles. The van der Waals surface area contributed by atoms with Gasteiger partial charge in [0.1, 0.15) is 12.1 Å². The van der Waals surface area contributed by atoms with E-state index in [0.717, 1.165) is 25.3 Å². The van der Waals surface area contributed by atoms with Gasteiger partial charge in [-0.3, -0.25) is 0 Å². The summed E-state index contributed by atoms with van der Waals surface area (Å²) >= 11 is 0. The Kier molecular flexibility index (Phi) is 4.61. The van der Waals surface area contributed by atoms with E-state index in [1.54, 1.807) is 0 Å². The fourth-order valence-electron chi connectivity index (χ4n) is 3.70. The van der Waals surface area contributed by atoms with Gasteiger partial charge in [0.2, 0.25) is 0 Å². The molecule has 0 aliphatic heterocycles. The monoisotopic (exact) mass is 356 g/mol. The van der Waals surface area contributed by atoms with Gasteiger partial charge in [0.25, 0.3) is 5.78 Å². The van der Waals surface area contributed by atoms with Gasteiger partial charge >= 0.3 is 6.18 Å². The van der Waals surface area contributed by atoms with Crippen molar-refractivity contribution in [2.75, 3.05) is 26.0 Å². The molecule has 6 nitrogen and oxygen atoms in total. The van der Waals surface area contributed by atoms with Gasteiger partial charge in [0.05, 0.1) is 0 Å². The summed E-state index contributed by atoms with van der Waals surface area (Å²) in [5.74, 6) is 0.787. The van der Waals surface area contributed by atoms with Gasteiger partial charge < -0.3 is 10.2 Å². The minimum absolute atomic E-state index is 0.0618. The maximum Gasteiger partial charge on any atom is 0.433 e. The Morgan fingerprint density at radius 2 is 2.16 bits per heavy atom. The summed E-state index contributed by atoms with van der Waals surface area (Å²) in [7, 11) is 4.05. The zero-order valence-corrected chi connectivity index (χ0v) is 14.6. The molecule has 0 spiro atoms. The first-order valence-corrected chi connectivity index (χ1v) is 8.40. The van der Waals surface area contributed by atoms with Crippen LogP contribution in [0.3, 0.4) is 0 Å². The summed E-state index contributed by atoms with van der Waals surface area (Å²) < 4.78 is 40.6. The van der Waals surface area contributed by atoms with Crippen LogP contribution in [0.1, 0.15) is 38.3 Å². The van der Waals surface area contributed by atoms with Crippen molar-refractivity contribution in [1.29, 1.82) is 0 Å². The summed E-state index contributed by atoms with van der Waals surface area (Å²) in [6, 6.07) is 0.997. The number of halogens is 3. The standard InChI is InChI=1S/C16H23F3N6/c1-11-5-4-6-15(8-11,24(2)3)9-20-13-7-12(16(17,18)19)23-14-21-10-22-25(13)14/h7,10-11,20H,4-6,8-9H2,1-3H3. The fraction of sp³-hybridized carbons (Fsp3) is 0.688. The van der Waals surface area contributed by atoms with E-state index in [2.05, 4.69) is 32.2 Å². The van der Waals surface area contributed by atoms with Crippen LogP contribution >= 0.6 is 0 Å². The third kappa shape index (κ3) is 3.56. The van der Waals surface area contributed by atoms with Crippen LogP contribution in [0.2, 0.25) is 0 Å². The SMILES string of the molecule is CC1CCCC(CNc2cc(C(F)(F)F)nc3ncnn23)(N(C)C)C1. The maximum absolute atomic E-state index is 13.1. The number of fused-ring (bicyclic) bond motifs is 1. The third-order valence-electron chi connectivity index (χ3n) is 5.16. The van der Waals surface area contributed by atoms with Crippen molar-refractivity contribution in [3.63, 3.8) is 0 Å². The van der Waals surface area contributed by atoms with Crippen LogP contribution in [-0.2, 0) is 6.18 Å². The van der Waals surface area contributed by atoms with Crippen molar-refractivity contribution >= 4 is 11.6 Å². The highest BCUT2D eigenvalue weighted by Crippen LogP contribution is 2.36. The smallest absolute Gasteiger partial charge is 0.368 e. The Hall–Kier alpha value is -1.90. The number of hydrogen-bond donors (Lipinski definition) is 1. The Bertz CT molecular complexity index is 741. The molecule has 2 atom stereocenters. The number of alkyl halides is 3. The molecule has 2 heterocycles. The maximum atomic E-state index is 13.1. The molecule has 1 aliphatic rings. The normalized spacial score (nSPS) is 24.8. The molecule has 2 aromatic rings. The Labute approximate surface area is 144 Å². The van der Waals surface area contributed by atoms with Crippen molar-refractivity contribution in [3.8, 4) is 0 Å². The second-order valence-electron chi connectivity index (χ2n) is 7.17. The quantitative estimate of drug-likeness (QED) is 0.912. The van der Waals surface area contributed by atoms with Crippen molar-refractivity contribution < 1.29 is 13.2 Å². The van der Waals surface area contributed by atoms with Crippen molar-refractivity contribution in [3.05, 3.63) is 18.1 Å². The minimum Gasteiger partial charge on any atom is -0.368 e. The fourth-order valence-corrected chi connectivity index (χ4v) is 3.70. The van der Waals surface area contributed by atoms with Gasteiger partial charge in [-0.2, -0.15) is 27.8 Å². The third-order valence-corrected chi connectivity index (χ3v) is 5.16. The topological polar surface area (TPSA) is 58.4 Å². The lowest BCUT2D eigenvalue weighted by Crippen LogP contribution is -2.52. The van der Waals surface area contributed by atoms with Crippen LogP contribution in [0.25, 0.3) is 5.78 Å². The van der Waals surface area contributed by atoms with E-state index < -0.39 is 11.9 Å². The molecule has 0 aromatic carbocycles. The van der Waals surface area contributed by atoms with Gasteiger partial charge in [0.15, 0.2) is 5.69 Å². The molecule has 138 valence electrons.